The molecule has 6 nitrogen and oxygen atoms in total. The summed E-state index contributed by atoms with van der Waals surface area (Å²) >= 11 is 0. The lowest BCUT2D eigenvalue weighted by molar-refractivity contribution is -0.125. The van der Waals surface area contributed by atoms with Crippen LogP contribution in [0, 0.1) is 0 Å². The van der Waals surface area contributed by atoms with Crippen molar-refractivity contribution in [2.24, 2.45) is 0 Å². The summed E-state index contributed by atoms with van der Waals surface area (Å²) in [7, 11) is 3.11. The summed E-state index contributed by atoms with van der Waals surface area (Å²) in [4.78, 5) is 28.4. The van der Waals surface area contributed by atoms with E-state index in [-0.39, 0.29) is 11.8 Å². The van der Waals surface area contributed by atoms with E-state index in [4.69, 9.17) is 9.47 Å². The monoisotopic (exact) mass is 570 g/mol. The van der Waals surface area contributed by atoms with Crippen molar-refractivity contribution in [2.45, 2.75) is 18.0 Å². The van der Waals surface area contributed by atoms with Gasteiger partial charge in [0.05, 0.1) is 26.1 Å². The molecule has 6 heteroatoms. The van der Waals surface area contributed by atoms with Gasteiger partial charge in [-0.05, 0) is 39.9 Å². The van der Waals surface area contributed by atoms with E-state index in [0.29, 0.717) is 17.1 Å². The van der Waals surface area contributed by atoms with Gasteiger partial charge in [0.25, 0.3) is 0 Å². The van der Waals surface area contributed by atoms with Gasteiger partial charge in [-0.25, -0.2) is 0 Å². The molecular weight excluding hydrogens is 536 g/mol. The molecule has 5 rings (SSSR count). The number of carbonyl (C=O) groups excluding carboxylic acids is 2. The molecule has 0 aliphatic heterocycles. The van der Waals surface area contributed by atoms with Crippen LogP contribution in [-0.4, -0.2) is 26.0 Å². The number of hydrogen-bond donors (Lipinski definition) is 2. The Hall–Kier alpha value is -5.36. The van der Waals surface area contributed by atoms with Gasteiger partial charge in [0.15, 0.2) is 11.5 Å². The van der Waals surface area contributed by atoms with E-state index in [0.717, 1.165) is 22.3 Å². The lowest BCUT2D eigenvalue weighted by Gasteiger charge is -2.27. The predicted octanol–water partition coefficient (Wildman–Crippen LogP) is 6.60. The van der Waals surface area contributed by atoms with E-state index in [1.165, 1.54) is 0 Å². The summed E-state index contributed by atoms with van der Waals surface area (Å²) in [5.74, 6) is -0.678. The third kappa shape index (κ3) is 6.93. The first-order chi connectivity index (χ1) is 21.1. The van der Waals surface area contributed by atoms with E-state index in [1.807, 2.05) is 127 Å². The minimum Gasteiger partial charge on any atom is -0.493 e. The van der Waals surface area contributed by atoms with Crippen LogP contribution in [-0.2, 0) is 9.59 Å². The first-order valence-corrected chi connectivity index (χ1v) is 14.1. The minimum absolute atomic E-state index is 0.256. The summed E-state index contributed by atoms with van der Waals surface area (Å²) < 4.78 is 11.0. The molecule has 5 aromatic carbocycles. The molecule has 0 aliphatic rings. The van der Waals surface area contributed by atoms with Gasteiger partial charge in [0, 0.05) is 0 Å². The molecule has 2 amide bonds. The second-order valence-electron chi connectivity index (χ2n) is 10.1. The van der Waals surface area contributed by atoms with Gasteiger partial charge in [-0.3, -0.25) is 9.59 Å². The van der Waals surface area contributed by atoms with Crippen LogP contribution in [0.2, 0.25) is 0 Å². The van der Waals surface area contributed by atoms with Crippen molar-refractivity contribution in [2.75, 3.05) is 14.2 Å². The van der Waals surface area contributed by atoms with Crippen molar-refractivity contribution >= 4 is 11.8 Å². The Morgan fingerprint density at radius 1 is 0.465 bits per heavy atom. The maximum Gasteiger partial charge on any atom is 0.233 e. The fourth-order valence-corrected chi connectivity index (χ4v) is 5.26. The predicted molar refractivity (Wildman–Crippen MR) is 168 cm³/mol. The maximum atomic E-state index is 14.2. The van der Waals surface area contributed by atoms with Crippen LogP contribution in [0.4, 0.5) is 0 Å². The molecule has 0 aliphatic carbocycles. The molecule has 0 spiro atoms. The second kappa shape index (κ2) is 14.0. The topological polar surface area (TPSA) is 76.7 Å². The van der Waals surface area contributed by atoms with Crippen molar-refractivity contribution in [1.82, 2.24) is 10.6 Å². The van der Waals surface area contributed by atoms with Gasteiger partial charge in [-0.15, -0.1) is 0 Å². The fraction of sp³-hybridized carbons (Fsp3) is 0.135. The third-order valence-electron chi connectivity index (χ3n) is 7.37. The Labute approximate surface area is 252 Å². The van der Waals surface area contributed by atoms with Gasteiger partial charge < -0.3 is 20.1 Å². The van der Waals surface area contributed by atoms with Crippen LogP contribution >= 0.6 is 0 Å². The number of methoxy groups -OCH3 is 2. The van der Waals surface area contributed by atoms with E-state index in [2.05, 4.69) is 10.6 Å². The van der Waals surface area contributed by atoms with Crippen molar-refractivity contribution in [3.8, 4) is 11.5 Å². The lowest BCUT2D eigenvalue weighted by Crippen LogP contribution is -2.44. The summed E-state index contributed by atoms with van der Waals surface area (Å²) in [6, 6.07) is 43.8. The number of hydrogen-bond acceptors (Lipinski definition) is 4. The van der Waals surface area contributed by atoms with Gasteiger partial charge in [-0.1, -0.05) is 127 Å². The lowest BCUT2D eigenvalue weighted by atomic mass is 9.89. The van der Waals surface area contributed by atoms with Crippen molar-refractivity contribution < 1.29 is 19.1 Å². The summed E-state index contributed by atoms with van der Waals surface area (Å²) in [6.07, 6.45) is -0.871. The number of amides is 2. The number of rotatable bonds is 11. The van der Waals surface area contributed by atoms with Crippen molar-refractivity contribution in [3.05, 3.63) is 167 Å². The van der Waals surface area contributed by atoms with Crippen LogP contribution < -0.4 is 20.1 Å². The highest BCUT2D eigenvalue weighted by molar-refractivity contribution is 5.90. The molecule has 5 aromatic rings. The average molecular weight is 571 g/mol. The Bertz CT molecular complexity index is 1450. The van der Waals surface area contributed by atoms with Crippen LogP contribution in [0.25, 0.3) is 0 Å². The van der Waals surface area contributed by atoms with Crippen LogP contribution in [0.5, 0.6) is 11.5 Å². The molecule has 0 fully saturated rings. The quantitative estimate of drug-likeness (QED) is 0.176. The largest absolute Gasteiger partial charge is 0.493 e. The molecule has 0 radical (unpaired) electrons. The molecular formula is C37H34N2O4. The molecule has 0 saturated carbocycles. The van der Waals surface area contributed by atoms with Crippen LogP contribution in [0.3, 0.4) is 0 Å². The molecule has 216 valence electrons. The molecule has 0 heterocycles. The average Bonchev–Trinajstić information content (AvgIpc) is 3.06. The molecule has 0 saturated heterocycles. The smallest absolute Gasteiger partial charge is 0.233 e. The summed E-state index contributed by atoms with van der Waals surface area (Å²) in [5.41, 5.74) is 4.01. The number of nitrogens with one attached hydrogen (secondary N) is 2. The Balaban J connectivity index is 1.54. The molecule has 43 heavy (non-hydrogen) atoms. The molecule has 0 bridgehead atoms. The Morgan fingerprint density at radius 3 is 1.14 bits per heavy atom. The van der Waals surface area contributed by atoms with Gasteiger partial charge in [0.1, 0.15) is 6.17 Å². The number of ether oxygens (including phenoxy) is 2. The van der Waals surface area contributed by atoms with E-state index < -0.39 is 18.0 Å². The van der Waals surface area contributed by atoms with Gasteiger partial charge >= 0.3 is 0 Å². The normalized spacial score (nSPS) is 10.9. The maximum absolute atomic E-state index is 14.2. The summed E-state index contributed by atoms with van der Waals surface area (Å²) in [6.45, 7) is 0. The molecule has 0 aromatic heterocycles. The standard InChI is InChI=1S/C37H34N2O4/c1-42-31-24-23-30(25-32(31)43-2)35(38-36(40)33(26-15-7-3-8-16-26)27-17-9-4-10-18-27)39-37(41)34(28-19-11-5-12-20-28)29-21-13-6-14-22-29/h3-25,33-35H,1-2H3,(H,38,40)(H,39,41). The number of benzene rings is 5. The van der Waals surface area contributed by atoms with E-state index in [9.17, 15) is 9.59 Å². The van der Waals surface area contributed by atoms with Gasteiger partial charge in [-0.2, -0.15) is 0 Å². The first-order valence-electron chi connectivity index (χ1n) is 14.1. The minimum atomic E-state index is -0.871. The van der Waals surface area contributed by atoms with E-state index in [1.54, 1.807) is 26.4 Å². The zero-order chi connectivity index (χ0) is 30.0. The van der Waals surface area contributed by atoms with Crippen molar-refractivity contribution in [3.63, 3.8) is 0 Å². The molecule has 0 atom stereocenters. The highest BCUT2D eigenvalue weighted by Crippen LogP contribution is 2.32. The summed E-state index contributed by atoms with van der Waals surface area (Å²) in [5, 5.41) is 6.28. The van der Waals surface area contributed by atoms with E-state index >= 15 is 0 Å². The third-order valence-corrected chi connectivity index (χ3v) is 7.37. The number of carbonyl (C=O) groups is 2. The van der Waals surface area contributed by atoms with Gasteiger partial charge in [0.2, 0.25) is 11.8 Å². The second-order valence-corrected chi connectivity index (χ2v) is 10.1. The fourth-order valence-electron chi connectivity index (χ4n) is 5.26. The first kappa shape index (κ1) is 29.1. The Morgan fingerprint density at radius 2 is 0.814 bits per heavy atom. The highest BCUT2D eigenvalue weighted by Gasteiger charge is 2.30. The Kier molecular flexibility index (Phi) is 9.49. The SMILES string of the molecule is COc1ccc(C(NC(=O)C(c2ccccc2)c2ccccc2)NC(=O)C(c2ccccc2)c2ccccc2)cc1OC. The zero-order valence-corrected chi connectivity index (χ0v) is 24.1. The van der Waals surface area contributed by atoms with Crippen molar-refractivity contribution in [1.29, 1.82) is 0 Å². The van der Waals surface area contributed by atoms with Crippen LogP contribution in [0.15, 0.2) is 140 Å². The van der Waals surface area contributed by atoms with Crippen LogP contribution in [0.1, 0.15) is 45.8 Å². The molecule has 2 N–H and O–H groups in total. The zero-order valence-electron chi connectivity index (χ0n) is 24.1. The highest BCUT2D eigenvalue weighted by atomic mass is 16.5. The molecule has 0 unspecified atom stereocenters.